The zero-order valence-corrected chi connectivity index (χ0v) is 19.4. The molecule has 0 aliphatic heterocycles. The highest BCUT2D eigenvalue weighted by atomic mass is 32.1. The number of carbonyl (C=O) groups is 1. The molecular formula is C26H30FN3OS. The number of nitrogens with zero attached hydrogens (tertiary/aromatic N) is 2. The van der Waals surface area contributed by atoms with Gasteiger partial charge in [-0.25, -0.2) is 9.37 Å². The minimum Gasteiger partial charge on any atom is -0.364 e. The van der Waals surface area contributed by atoms with E-state index in [-0.39, 0.29) is 11.9 Å². The van der Waals surface area contributed by atoms with Crippen LogP contribution in [-0.4, -0.2) is 29.9 Å². The number of hydrogen-bond acceptors (Lipinski definition) is 4. The van der Waals surface area contributed by atoms with Crippen LogP contribution < -0.4 is 5.73 Å². The van der Waals surface area contributed by atoms with Crippen LogP contribution in [0.2, 0.25) is 0 Å². The summed E-state index contributed by atoms with van der Waals surface area (Å²) in [7, 11) is 4.15. The zero-order chi connectivity index (χ0) is 22.7. The summed E-state index contributed by atoms with van der Waals surface area (Å²) in [6.07, 6.45) is 5.17. The SMILES string of the molecule is CN(C)C(c1cccc(F)c1)C1CCC(Cc2sc(-c3ccccc3)nc2C(N)=O)CC1. The molecule has 0 bridgehead atoms. The standard InChI is InChI=1S/C26H30FN3OS/c1-30(2)24(20-9-6-10-21(27)16-20)18-13-11-17(12-14-18)15-22-23(25(28)31)29-26(32-22)19-7-4-3-5-8-19/h3-10,16-18,24H,11-15H2,1-2H3,(H2,28,31). The molecule has 4 rings (SSSR count). The van der Waals surface area contributed by atoms with Gasteiger partial charge in [-0.2, -0.15) is 0 Å². The van der Waals surface area contributed by atoms with Gasteiger partial charge >= 0.3 is 0 Å². The molecule has 2 N–H and O–H groups in total. The summed E-state index contributed by atoms with van der Waals surface area (Å²) in [6.45, 7) is 0. The van der Waals surface area contributed by atoms with Crippen molar-refractivity contribution >= 4 is 17.2 Å². The van der Waals surface area contributed by atoms with Crippen LogP contribution in [0.15, 0.2) is 54.6 Å². The molecule has 1 unspecified atom stereocenters. The van der Waals surface area contributed by atoms with Gasteiger partial charge in [0.25, 0.3) is 5.91 Å². The second-order valence-corrected chi connectivity index (χ2v) is 10.1. The topological polar surface area (TPSA) is 59.2 Å². The molecule has 1 aromatic heterocycles. The molecule has 4 nitrogen and oxygen atoms in total. The predicted octanol–water partition coefficient (Wildman–Crippen LogP) is 5.70. The normalized spacial score (nSPS) is 19.8. The Morgan fingerprint density at radius 2 is 1.84 bits per heavy atom. The van der Waals surface area contributed by atoms with E-state index in [9.17, 15) is 9.18 Å². The Bertz CT molecular complexity index is 1060. The molecule has 1 heterocycles. The number of thiazole rings is 1. The highest BCUT2D eigenvalue weighted by molar-refractivity contribution is 7.15. The van der Waals surface area contributed by atoms with E-state index in [0.29, 0.717) is 17.5 Å². The molecule has 1 saturated carbocycles. The first-order valence-corrected chi connectivity index (χ1v) is 12.0. The first-order chi connectivity index (χ1) is 15.4. The predicted molar refractivity (Wildman–Crippen MR) is 128 cm³/mol. The number of benzene rings is 2. The zero-order valence-electron chi connectivity index (χ0n) is 18.6. The molecule has 1 aliphatic rings. The smallest absolute Gasteiger partial charge is 0.268 e. The molecule has 0 spiro atoms. The highest BCUT2D eigenvalue weighted by Crippen LogP contribution is 2.41. The fraction of sp³-hybridized carbons (Fsp3) is 0.385. The summed E-state index contributed by atoms with van der Waals surface area (Å²) >= 11 is 1.58. The third-order valence-corrected chi connectivity index (χ3v) is 7.64. The number of aromatic nitrogens is 1. The number of nitrogens with two attached hydrogens (primary N) is 1. The maximum atomic E-state index is 13.8. The van der Waals surface area contributed by atoms with Gasteiger partial charge in [0.15, 0.2) is 0 Å². The lowest BCUT2D eigenvalue weighted by Gasteiger charge is -2.37. The van der Waals surface area contributed by atoms with E-state index in [1.165, 1.54) is 6.07 Å². The average Bonchev–Trinajstić information content (AvgIpc) is 3.20. The lowest BCUT2D eigenvalue weighted by molar-refractivity contribution is 0.0994. The van der Waals surface area contributed by atoms with Crippen LogP contribution in [-0.2, 0) is 6.42 Å². The van der Waals surface area contributed by atoms with E-state index < -0.39 is 5.91 Å². The van der Waals surface area contributed by atoms with Gasteiger partial charge < -0.3 is 10.6 Å². The van der Waals surface area contributed by atoms with Crippen molar-refractivity contribution in [2.24, 2.45) is 17.6 Å². The van der Waals surface area contributed by atoms with E-state index in [4.69, 9.17) is 5.73 Å². The summed E-state index contributed by atoms with van der Waals surface area (Å²) in [5.41, 5.74) is 8.13. The van der Waals surface area contributed by atoms with Crippen LogP contribution in [0.3, 0.4) is 0 Å². The highest BCUT2D eigenvalue weighted by Gasteiger charge is 2.31. The molecule has 2 aromatic carbocycles. The maximum absolute atomic E-state index is 13.8. The van der Waals surface area contributed by atoms with Gasteiger partial charge in [0.05, 0.1) is 0 Å². The average molecular weight is 452 g/mol. The molecule has 1 amide bonds. The van der Waals surface area contributed by atoms with Gasteiger partial charge in [0, 0.05) is 16.5 Å². The molecule has 0 saturated heterocycles. The quantitative estimate of drug-likeness (QED) is 0.501. The summed E-state index contributed by atoms with van der Waals surface area (Å²) in [6, 6.07) is 17.1. The van der Waals surface area contributed by atoms with Gasteiger partial charge in [0.1, 0.15) is 16.5 Å². The van der Waals surface area contributed by atoms with Gasteiger partial charge in [-0.15, -0.1) is 11.3 Å². The maximum Gasteiger partial charge on any atom is 0.268 e. The number of amides is 1. The minimum atomic E-state index is -0.453. The van der Waals surface area contributed by atoms with Crippen LogP contribution in [0.4, 0.5) is 4.39 Å². The second-order valence-electron chi connectivity index (χ2n) is 8.97. The lowest BCUT2D eigenvalue weighted by Crippen LogP contribution is -2.31. The fourth-order valence-corrected chi connectivity index (χ4v) is 6.23. The Morgan fingerprint density at radius 3 is 2.47 bits per heavy atom. The van der Waals surface area contributed by atoms with Crippen LogP contribution >= 0.6 is 11.3 Å². The first kappa shape index (κ1) is 22.6. The van der Waals surface area contributed by atoms with E-state index in [1.54, 1.807) is 23.5 Å². The van der Waals surface area contributed by atoms with Crippen LogP contribution in [0.5, 0.6) is 0 Å². The largest absolute Gasteiger partial charge is 0.364 e. The second kappa shape index (κ2) is 9.92. The van der Waals surface area contributed by atoms with E-state index in [1.807, 2.05) is 36.4 Å². The van der Waals surface area contributed by atoms with Crippen molar-refractivity contribution in [2.75, 3.05) is 14.1 Å². The van der Waals surface area contributed by atoms with Crippen LogP contribution in [0, 0.1) is 17.7 Å². The van der Waals surface area contributed by atoms with Crippen molar-refractivity contribution in [1.29, 1.82) is 0 Å². The molecule has 0 radical (unpaired) electrons. The third-order valence-electron chi connectivity index (χ3n) is 6.51. The van der Waals surface area contributed by atoms with E-state index in [0.717, 1.165) is 53.1 Å². The van der Waals surface area contributed by atoms with Crippen LogP contribution in [0.25, 0.3) is 10.6 Å². The molecule has 6 heteroatoms. The van der Waals surface area contributed by atoms with Crippen molar-refractivity contribution in [2.45, 2.75) is 38.1 Å². The van der Waals surface area contributed by atoms with Crippen molar-refractivity contribution in [3.05, 3.63) is 76.5 Å². The Balaban J connectivity index is 1.46. The molecule has 1 fully saturated rings. The van der Waals surface area contributed by atoms with Crippen molar-refractivity contribution in [3.63, 3.8) is 0 Å². The van der Waals surface area contributed by atoms with Crippen molar-refractivity contribution in [1.82, 2.24) is 9.88 Å². The Kier molecular flexibility index (Phi) is 7.01. The molecule has 1 aliphatic carbocycles. The Morgan fingerprint density at radius 1 is 1.12 bits per heavy atom. The summed E-state index contributed by atoms with van der Waals surface area (Å²) < 4.78 is 13.8. The number of rotatable bonds is 7. The Labute approximate surface area is 193 Å². The van der Waals surface area contributed by atoms with Crippen LogP contribution in [0.1, 0.15) is 52.7 Å². The summed E-state index contributed by atoms with van der Waals surface area (Å²) in [5.74, 6) is 0.357. The third kappa shape index (κ3) is 5.08. The minimum absolute atomic E-state index is 0.179. The van der Waals surface area contributed by atoms with Gasteiger partial charge in [-0.3, -0.25) is 4.79 Å². The Hall–Kier alpha value is -2.57. The summed E-state index contributed by atoms with van der Waals surface area (Å²) in [5, 5.41) is 0.849. The molecular weight excluding hydrogens is 421 g/mol. The molecule has 3 aromatic rings. The monoisotopic (exact) mass is 451 g/mol. The number of carbonyl (C=O) groups excluding carboxylic acids is 1. The first-order valence-electron chi connectivity index (χ1n) is 11.2. The fourth-order valence-electron chi connectivity index (χ4n) is 5.04. The van der Waals surface area contributed by atoms with E-state index >= 15 is 0 Å². The van der Waals surface area contributed by atoms with Gasteiger partial charge in [-0.05, 0) is 75.7 Å². The number of halogens is 1. The van der Waals surface area contributed by atoms with Crippen molar-refractivity contribution < 1.29 is 9.18 Å². The number of primary amides is 1. The van der Waals surface area contributed by atoms with E-state index in [2.05, 4.69) is 24.0 Å². The van der Waals surface area contributed by atoms with Gasteiger partial charge in [-0.1, -0.05) is 42.5 Å². The molecule has 32 heavy (non-hydrogen) atoms. The number of hydrogen-bond donors (Lipinski definition) is 1. The van der Waals surface area contributed by atoms with Crippen molar-refractivity contribution in [3.8, 4) is 10.6 Å². The molecule has 168 valence electrons. The van der Waals surface area contributed by atoms with Gasteiger partial charge in [0.2, 0.25) is 0 Å². The lowest BCUT2D eigenvalue weighted by atomic mass is 9.75. The summed E-state index contributed by atoms with van der Waals surface area (Å²) in [4.78, 5) is 19.8. The molecule has 1 atom stereocenters.